The van der Waals surface area contributed by atoms with Crippen molar-refractivity contribution in [3.8, 4) is 0 Å². The number of pyridine rings is 1. The van der Waals surface area contributed by atoms with Gasteiger partial charge in [-0.1, -0.05) is 11.6 Å². The van der Waals surface area contributed by atoms with Crippen molar-refractivity contribution in [3.05, 3.63) is 23.0 Å². The lowest BCUT2D eigenvalue weighted by molar-refractivity contribution is 0.0950. The van der Waals surface area contributed by atoms with E-state index < -0.39 is 20.5 Å². The van der Waals surface area contributed by atoms with E-state index in [2.05, 4.69) is 10.3 Å². The number of nitrogens with one attached hydrogen (secondary N) is 1. The van der Waals surface area contributed by atoms with Crippen molar-refractivity contribution in [2.45, 2.75) is 18.6 Å². The third-order valence-corrected chi connectivity index (χ3v) is 5.24. The molecule has 0 fully saturated rings. The number of sulfone groups is 1. The van der Waals surface area contributed by atoms with Gasteiger partial charge in [0, 0.05) is 12.8 Å². The lowest BCUT2D eigenvalue weighted by atomic mass is 10.2. The first kappa shape index (κ1) is 15.7. The van der Waals surface area contributed by atoms with Crippen LogP contribution in [0.25, 0.3) is 0 Å². The lowest BCUT2D eigenvalue weighted by Gasteiger charge is -2.22. The number of rotatable bonds is 4. The maximum atomic E-state index is 11.9. The summed E-state index contributed by atoms with van der Waals surface area (Å²) in [5.74, 6) is -0.512. The van der Waals surface area contributed by atoms with Crippen molar-refractivity contribution in [2.24, 2.45) is 0 Å². The number of aromatic nitrogens is 1. The Morgan fingerprint density at radius 2 is 2.11 bits per heavy atom. The number of hydrogen-bond acceptors (Lipinski definition) is 5. The summed E-state index contributed by atoms with van der Waals surface area (Å²) in [6.45, 7) is 3.03. The van der Waals surface area contributed by atoms with E-state index in [1.54, 1.807) is 0 Å². The van der Waals surface area contributed by atoms with Gasteiger partial charge in [-0.2, -0.15) is 0 Å². The molecule has 19 heavy (non-hydrogen) atoms. The van der Waals surface area contributed by atoms with Gasteiger partial charge in [0.15, 0.2) is 9.84 Å². The van der Waals surface area contributed by atoms with Gasteiger partial charge in [0.25, 0.3) is 5.91 Å². The van der Waals surface area contributed by atoms with Gasteiger partial charge in [-0.05, 0) is 19.9 Å². The summed E-state index contributed by atoms with van der Waals surface area (Å²) in [6.07, 6.45) is 2.45. The molecule has 0 unspecified atom stereocenters. The molecule has 0 aromatic carbocycles. The highest BCUT2D eigenvalue weighted by Crippen LogP contribution is 2.17. The Balaban J connectivity index is 2.85. The Bertz CT molecular complexity index is 599. The van der Waals surface area contributed by atoms with Crippen LogP contribution in [0.1, 0.15) is 24.2 Å². The average molecular weight is 306 g/mol. The molecule has 3 N–H and O–H groups in total. The molecule has 106 valence electrons. The summed E-state index contributed by atoms with van der Waals surface area (Å²) >= 11 is 5.79. The van der Waals surface area contributed by atoms with Crippen LogP contribution in [0.15, 0.2) is 12.3 Å². The molecular formula is C11H16ClN3O3S. The van der Waals surface area contributed by atoms with Gasteiger partial charge in [0.05, 0.1) is 22.2 Å². The minimum atomic E-state index is -3.29. The van der Waals surface area contributed by atoms with E-state index >= 15 is 0 Å². The number of hydrogen-bond donors (Lipinski definition) is 2. The van der Waals surface area contributed by atoms with Crippen LogP contribution >= 0.6 is 11.6 Å². The fourth-order valence-electron chi connectivity index (χ4n) is 1.14. The quantitative estimate of drug-likeness (QED) is 0.804. The highest BCUT2D eigenvalue weighted by atomic mass is 35.5. The molecule has 1 amide bonds. The van der Waals surface area contributed by atoms with Crippen molar-refractivity contribution in [1.82, 2.24) is 10.3 Å². The highest BCUT2D eigenvalue weighted by Gasteiger charge is 2.30. The van der Waals surface area contributed by atoms with E-state index in [-0.39, 0.29) is 17.3 Å². The Kier molecular flexibility index (Phi) is 4.42. The second kappa shape index (κ2) is 5.34. The Morgan fingerprint density at radius 3 is 2.63 bits per heavy atom. The number of carbonyl (C=O) groups excluding carboxylic acids is 1. The zero-order chi connectivity index (χ0) is 14.8. The molecule has 0 aliphatic carbocycles. The smallest absolute Gasteiger partial charge is 0.254 e. The maximum Gasteiger partial charge on any atom is 0.254 e. The summed E-state index contributed by atoms with van der Waals surface area (Å²) in [5, 5.41) is 2.53. The molecular weight excluding hydrogens is 290 g/mol. The fraction of sp³-hybridized carbons (Fsp3) is 0.455. The molecule has 1 heterocycles. The first-order chi connectivity index (χ1) is 8.54. The molecule has 0 aliphatic rings. The monoisotopic (exact) mass is 305 g/mol. The number of nitrogen functional groups attached to an aromatic ring is 1. The minimum Gasteiger partial charge on any atom is -0.397 e. The van der Waals surface area contributed by atoms with Crippen LogP contribution < -0.4 is 11.1 Å². The van der Waals surface area contributed by atoms with Gasteiger partial charge >= 0.3 is 0 Å². The van der Waals surface area contributed by atoms with Crippen LogP contribution in [-0.4, -0.2) is 36.9 Å². The molecule has 1 aromatic heterocycles. The lowest BCUT2D eigenvalue weighted by Crippen LogP contribution is -2.43. The van der Waals surface area contributed by atoms with Gasteiger partial charge in [0.1, 0.15) is 5.15 Å². The van der Waals surface area contributed by atoms with Crippen LogP contribution in [0, 0.1) is 0 Å². The second-order valence-electron chi connectivity index (χ2n) is 4.82. The molecule has 0 aliphatic heterocycles. The summed E-state index contributed by atoms with van der Waals surface area (Å²) in [7, 11) is -3.29. The molecule has 0 saturated carbocycles. The number of nitrogens with two attached hydrogens (primary N) is 1. The molecule has 0 saturated heterocycles. The zero-order valence-electron chi connectivity index (χ0n) is 10.9. The highest BCUT2D eigenvalue weighted by molar-refractivity contribution is 7.92. The third kappa shape index (κ3) is 3.81. The average Bonchev–Trinajstić information content (AvgIpc) is 2.28. The summed E-state index contributed by atoms with van der Waals surface area (Å²) in [4.78, 5) is 15.7. The van der Waals surface area contributed by atoms with Crippen molar-refractivity contribution < 1.29 is 13.2 Å². The normalized spacial score (nSPS) is 12.2. The van der Waals surface area contributed by atoms with Crippen molar-refractivity contribution in [3.63, 3.8) is 0 Å². The van der Waals surface area contributed by atoms with E-state index in [1.807, 2.05) is 0 Å². The van der Waals surface area contributed by atoms with E-state index in [9.17, 15) is 13.2 Å². The summed E-state index contributed by atoms with van der Waals surface area (Å²) in [6, 6.07) is 1.39. The van der Waals surface area contributed by atoms with Crippen LogP contribution in [0.5, 0.6) is 0 Å². The molecule has 1 rings (SSSR count). The first-order valence-corrected chi connectivity index (χ1v) is 7.70. The van der Waals surface area contributed by atoms with E-state index in [0.717, 1.165) is 6.26 Å². The van der Waals surface area contributed by atoms with Crippen LogP contribution in [0.3, 0.4) is 0 Å². The molecule has 1 aromatic rings. The van der Waals surface area contributed by atoms with Crippen molar-refractivity contribution in [1.29, 1.82) is 0 Å². The van der Waals surface area contributed by atoms with E-state index in [0.29, 0.717) is 5.69 Å². The van der Waals surface area contributed by atoms with Crippen LogP contribution in [0.4, 0.5) is 5.69 Å². The molecule has 0 bridgehead atoms. The Labute approximate surface area is 117 Å². The second-order valence-corrected chi connectivity index (χ2v) is 7.83. The molecule has 6 nitrogen and oxygen atoms in total. The van der Waals surface area contributed by atoms with Crippen LogP contribution in [0.2, 0.25) is 5.15 Å². The van der Waals surface area contributed by atoms with Gasteiger partial charge in [0.2, 0.25) is 0 Å². The van der Waals surface area contributed by atoms with Gasteiger partial charge in [-0.3, -0.25) is 4.79 Å². The standard InChI is InChI=1S/C11H16ClN3O3S/c1-11(2,19(3,17)18)6-15-10(16)8-4-7(13)5-14-9(8)12/h4-5H,6,13H2,1-3H3,(H,15,16). The van der Waals surface area contributed by atoms with Crippen molar-refractivity contribution >= 4 is 33.0 Å². The molecule has 0 spiro atoms. The SMILES string of the molecule is CC(C)(CNC(=O)c1cc(N)cnc1Cl)S(C)(=O)=O. The maximum absolute atomic E-state index is 11.9. The minimum absolute atomic E-state index is 0.0175. The van der Waals surface area contributed by atoms with Gasteiger partial charge in [-0.15, -0.1) is 0 Å². The Hall–Kier alpha value is -1.34. The Morgan fingerprint density at radius 1 is 1.53 bits per heavy atom. The number of amides is 1. The predicted molar refractivity (Wildman–Crippen MR) is 74.9 cm³/mol. The first-order valence-electron chi connectivity index (χ1n) is 5.43. The third-order valence-electron chi connectivity index (χ3n) is 2.78. The molecule has 8 heteroatoms. The van der Waals surface area contributed by atoms with Crippen molar-refractivity contribution in [2.75, 3.05) is 18.5 Å². The topological polar surface area (TPSA) is 102 Å². The number of anilines is 1. The number of carbonyl (C=O) groups is 1. The summed E-state index contributed by atoms with van der Waals surface area (Å²) in [5.41, 5.74) is 5.94. The number of nitrogens with zero attached hydrogens (tertiary/aromatic N) is 1. The number of halogens is 1. The summed E-state index contributed by atoms with van der Waals surface area (Å²) < 4.78 is 22.0. The zero-order valence-corrected chi connectivity index (χ0v) is 12.5. The largest absolute Gasteiger partial charge is 0.397 e. The van der Waals surface area contributed by atoms with Crippen LogP contribution in [-0.2, 0) is 9.84 Å². The fourth-order valence-corrected chi connectivity index (χ4v) is 1.67. The van der Waals surface area contributed by atoms with Gasteiger partial charge in [-0.25, -0.2) is 13.4 Å². The predicted octanol–water partition coefficient (Wildman–Crippen LogP) is 0.870. The molecule has 0 atom stereocenters. The van der Waals surface area contributed by atoms with Gasteiger partial charge < -0.3 is 11.1 Å². The van der Waals surface area contributed by atoms with E-state index in [4.69, 9.17) is 17.3 Å². The molecule has 0 radical (unpaired) electrons. The van der Waals surface area contributed by atoms with E-state index in [1.165, 1.54) is 26.1 Å².